The van der Waals surface area contributed by atoms with Crippen molar-refractivity contribution < 1.29 is 31.6 Å². The summed E-state index contributed by atoms with van der Waals surface area (Å²) >= 11 is 0. The summed E-state index contributed by atoms with van der Waals surface area (Å²) in [4.78, 5) is 1.39. The van der Waals surface area contributed by atoms with Crippen molar-refractivity contribution in [2.75, 3.05) is 19.8 Å². The molecule has 1 heterocycles. The molecule has 0 aliphatic heterocycles. The summed E-state index contributed by atoms with van der Waals surface area (Å²) in [6.45, 7) is 13.3. The normalized spacial score (nSPS) is 13.7. The summed E-state index contributed by atoms with van der Waals surface area (Å²) in [6.07, 6.45) is -0.764. The second-order valence-electron chi connectivity index (χ2n) is 10.9. The van der Waals surface area contributed by atoms with E-state index >= 15 is 0 Å². The van der Waals surface area contributed by atoms with Crippen LogP contribution < -0.4 is 0 Å². The number of rotatable bonds is 16. The zero-order valence-electron chi connectivity index (χ0n) is 25.1. The van der Waals surface area contributed by atoms with Crippen LogP contribution >= 0.6 is 0 Å². The first kappa shape index (κ1) is 33.2. The van der Waals surface area contributed by atoms with Gasteiger partial charge in [0.05, 0.1) is 17.4 Å². The van der Waals surface area contributed by atoms with Crippen molar-refractivity contribution in [2.45, 2.75) is 97.4 Å². The second kappa shape index (κ2) is 14.2. The molecule has 0 bridgehead atoms. The van der Waals surface area contributed by atoms with Gasteiger partial charge >= 0.3 is 15.0 Å². The number of nitrogens with zero attached hydrogens (tertiary/aromatic N) is 3. The Morgan fingerprint density at radius 1 is 0.854 bits per heavy atom. The van der Waals surface area contributed by atoms with Crippen LogP contribution in [0.5, 0.6) is 0 Å². The highest BCUT2D eigenvalue weighted by molar-refractivity contribution is 6.60. The van der Waals surface area contributed by atoms with Crippen LogP contribution in [-0.2, 0) is 31.3 Å². The van der Waals surface area contributed by atoms with Gasteiger partial charge in [-0.15, -0.1) is 10.2 Å². The molecule has 0 saturated carbocycles. The van der Waals surface area contributed by atoms with Gasteiger partial charge in [-0.3, -0.25) is 0 Å². The number of benzene rings is 2. The molecule has 1 N–H and O–H groups in total. The van der Waals surface area contributed by atoms with Crippen LogP contribution in [0.15, 0.2) is 36.4 Å². The molecule has 1 atom stereocenters. The van der Waals surface area contributed by atoms with Gasteiger partial charge in [-0.25, -0.2) is 0 Å². The molecule has 7 nitrogen and oxygen atoms in total. The summed E-state index contributed by atoms with van der Waals surface area (Å²) in [5.41, 5.74) is 2.03. The molecule has 3 aromatic rings. The van der Waals surface area contributed by atoms with Crippen LogP contribution in [0.3, 0.4) is 0 Å². The Bertz CT molecular complexity index is 1250. The highest BCUT2D eigenvalue weighted by Crippen LogP contribution is 2.34. The first-order chi connectivity index (χ1) is 19.4. The molecule has 0 amide bonds. The lowest BCUT2D eigenvalue weighted by Gasteiger charge is -2.30. The van der Waals surface area contributed by atoms with Crippen molar-refractivity contribution >= 4 is 19.8 Å². The Morgan fingerprint density at radius 2 is 1.46 bits per heavy atom. The van der Waals surface area contributed by atoms with Gasteiger partial charge in [0.1, 0.15) is 11.0 Å². The summed E-state index contributed by atoms with van der Waals surface area (Å²) in [7, 11) is -3.11. The number of aliphatic hydroxyl groups is 1. The fourth-order valence-electron chi connectivity index (χ4n) is 5.08. The topological polar surface area (TPSA) is 78.6 Å². The fourth-order valence-corrected chi connectivity index (χ4v) is 7.72. The predicted molar refractivity (Wildman–Crippen MR) is 156 cm³/mol. The van der Waals surface area contributed by atoms with Gasteiger partial charge in [0.15, 0.2) is 0 Å². The zero-order chi connectivity index (χ0) is 30.3. The molecule has 0 aliphatic carbocycles. The third kappa shape index (κ3) is 8.60. The van der Waals surface area contributed by atoms with Crippen molar-refractivity contribution in [3.63, 3.8) is 0 Å². The summed E-state index contributed by atoms with van der Waals surface area (Å²) < 4.78 is 57.9. The van der Waals surface area contributed by atoms with Gasteiger partial charge in [-0.05, 0) is 68.0 Å². The summed E-state index contributed by atoms with van der Waals surface area (Å²) in [5.74, 6) is 0. The van der Waals surface area contributed by atoms with Crippen LogP contribution in [0.4, 0.5) is 13.2 Å². The first-order valence-corrected chi connectivity index (χ1v) is 16.5. The minimum Gasteiger partial charge on any atom is -0.393 e. The van der Waals surface area contributed by atoms with Crippen LogP contribution in [-0.4, -0.2) is 54.8 Å². The van der Waals surface area contributed by atoms with E-state index in [1.54, 1.807) is 0 Å². The van der Waals surface area contributed by atoms with Gasteiger partial charge in [-0.2, -0.15) is 18.0 Å². The lowest BCUT2D eigenvalue weighted by molar-refractivity contribution is -0.137. The molecule has 1 unspecified atom stereocenters. The molecule has 3 rings (SSSR count). The molecule has 0 radical (unpaired) electrons. The van der Waals surface area contributed by atoms with E-state index in [1.165, 1.54) is 10.9 Å². The van der Waals surface area contributed by atoms with Crippen LogP contribution in [0.25, 0.3) is 16.7 Å². The van der Waals surface area contributed by atoms with E-state index in [2.05, 4.69) is 37.0 Å². The Kier molecular flexibility index (Phi) is 11.5. The van der Waals surface area contributed by atoms with E-state index in [4.69, 9.17) is 13.3 Å². The van der Waals surface area contributed by atoms with E-state index in [1.807, 2.05) is 32.9 Å². The number of halogens is 3. The average Bonchev–Trinajstić information content (AvgIpc) is 3.32. The molecule has 0 spiro atoms. The molecular weight excluding hydrogens is 551 g/mol. The zero-order valence-corrected chi connectivity index (χ0v) is 26.1. The minimum atomic E-state index is -4.48. The molecular formula is C30H44F3N3O4Si. The van der Waals surface area contributed by atoms with Crippen LogP contribution in [0.1, 0.15) is 83.9 Å². The van der Waals surface area contributed by atoms with Gasteiger partial charge in [0, 0.05) is 32.3 Å². The van der Waals surface area contributed by atoms with Gasteiger partial charge in [0.2, 0.25) is 0 Å². The Balaban J connectivity index is 2.04. The fraction of sp³-hybridized carbons (Fsp3) is 0.600. The lowest BCUT2D eigenvalue weighted by Crippen LogP contribution is -2.48. The van der Waals surface area contributed by atoms with Crippen LogP contribution in [0, 0.1) is 0 Å². The highest BCUT2D eigenvalue weighted by atomic mass is 28.4. The molecule has 0 aliphatic rings. The Morgan fingerprint density at radius 3 is 2.05 bits per heavy atom. The van der Waals surface area contributed by atoms with E-state index in [0.717, 1.165) is 48.9 Å². The van der Waals surface area contributed by atoms with E-state index in [9.17, 15) is 18.3 Å². The Labute approximate surface area is 242 Å². The monoisotopic (exact) mass is 595 g/mol. The molecule has 0 fully saturated rings. The minimum absolute atomic E-state index is 0.141. The van der Waals surface area contributed by atoms with Crippen molar-refractivity contribution in [1.29, 1.82) is 0 Å². The van der Waals surface area contributed by atoms with Crippen molar-refractivity contribution in [2.24, 2.45) is 0 Å². The quantitative estimate of drug-likeness (QED) is 0.139. The summed E-state index contributed by atoms with van der Waals surface area (Å²) in [6, 6.07) is 9.57. The number of aromatic nitrogens is 3. The number of alkyl halides is 3. The Hall–Kier alpha value is -2.31. The first-order valence-electron chi connectivity index (χ1n) is 14.6. The second-order valence-corrected chi connectivity index (χ2v) is 13.6. The molecule has 1 aromatic heterocycles. The third-order valence-electron chi connectivity index (χ3n) is 7.23. The standard InChI is InChI=1S/C30H44F3N3O4Si/c1-7-11-12-17-29(5,6)23-14-13-22(18-25(37)21-41(38-8-2,39-9-3)40-10-4)28(20-23)36-34-26-16-15-24(30(31,32)33)19-27(26)35-36/h13-16,19-20,25,37H,7-12,17-18,21H2,1-6H3. The highest BCUT2D eigenvalue weighted by Gasteiger charge is 2.42. The van der Waals surface area contributed by atoms with Gasteiger partial charge in [-0.1, -0.05) is 52.2 Å². The van der Waals surface area contributed by atoms with E-state index in [-0.39, 0.29) is 23.4 Å². The predicted octanol–water partition coefficient (Wildman–Crippen LogP) is 7.25. The third-order valence-corrected chi connectivity index (χ3v) is 10.4. The molecule has 41 heavy (non-hydrogen) atoms. The van der Waals surface area contributed by atoms with Gasteiger partial charge in [0.25, 0.3) is 0 Å². The molecule has 228 valence electrons. The average molecular weight is 596 g/mol. The number of fused-ring (bicyclic) bond motifs is 1. The maximum absolute atomic E-state index is 13.4. The van der Waals surface area contributed by atoms with Crippen molar-refractivity contribution in [1.82, 2.24) is 15.0 Å². The molecule has 11 heteroatoms. The maximum atomic E-state index is 13.4. The number of hydrogen-bond acceptors (Lipinski definition) is 6. The largest absolute Gasteiger partial charge is 0.503 e. The number of unbranched alkanes of at least 4 members (excludes halogenated alkanes) is 2. The number of aliphatic hydroxyl groups excluding tert-OH is 1. The van der Waals surface area contributed by atoms with Gasteiger partial charge < -0.3 is 18.4 Å². The van der Waals surface area contributed by atoms with Crippen molar-refractivity contribution in [3.05, 3.63) is 53.1 Å². The lowest BCUT2D eigenvalue weighted by atomic mass is 9.79. The SMILES string of the molecule is CCCCCC(C)(C)c1ccc(CC(O)C[Si](OCC)(OCC)OCC)c(-n2nc3ccc(C(F)(F)F)cc3n2)c1. The molecule has 0 saturated heterocycles. The molecule has 2 aromatic carbocycles. The summed E-state index contributed by atoms with van der Waals surface area (Å²) in [5, 5.41) is 20.2. The smallest absolute Gasteiger partial charge is 0.393 e. The van der Waals surface area contributed by atoms with Crippen LogP contribution in [0.2, 0.25) is 6.04 Å². The van der Waals surface area contributed by atoms with E-state index in [0.29, 0.717) is 31.0 Å². The number of hydrogen-bond donors (Lipinski definition) is 1. The van der Waals surface area contributed by atoms with Crippen molar-refractivity contribution in [3.8, 4) is 5.69 Å². The maximum Gasteiger partial charge on any atom is 0.503 e. The van der Waals surface area contributed by atoms with E-state index < -0.39 is 26.6 Å².